The van der Waals surface area contributed by atoms with Crippen LogP contribution in [0.2, 0.25) is 0 Å². The Bertz CT molecular complexity index is 756. The van der Waals surface area contributed by atoms with E-state index in [-0.39, 0.29) is 6.61 Å². The lowest BCUT2D eigenvalue weighted by Crippen LogP contribution is -2.23. The zero-order chi connectivity index (χ0) is 18.3. The molecule has 136 valence electrons. The Morgan fingerprint density at radius 2 is 2.04 bits per heavy atom. The molecule has 0 aliphatic carbocycles. The van der Waals surface area contributed by atoms with Crippen molar-refractivity contribution < 1.29 is 39.9 Å². The van der Waals surface area contributed by atoms with Gasteiger partial charge in [-0.3, -0.25) is 0 Å². The first-order valence-corrected chi connectivity index (χ1v) is 8.09. The summed E-state index contributed by atoms with van der Waals surface area (Å²) in [7, 11) is -3.41. The van der Waals surface area contributed by atoms with E-state index in [1.54, 1.807) is 0 Å². The van der Waals surface area contributed by atoms with Crippen LogP contribution in [0.1, 0.15) is 18.2 Å². The Morgan fingerprint density at radius 1 is 1.42 bits per heavy atom. The smallest absolute Gasteiger partial charge is 0.417 e. The molecule has 1 unspecified atom stereocenters. The lowest BCUT2D eigenvalue weighted by Gasteiger charge is -2.11. The van der Waals surface area contributed by atoms with Crippen molar-refractivity contribution in [2.45, 2.75) is 25.5 Å². The van der Waals surface area contributed by atoms with Crippen LogP contribution in [0.5, 0.6) is 5.88 Å². The molecule has 0 amide bonds. The second kappa shape index (κ2) is 6.18. The van der Waals surface area contributed by atoms with Gasteiger partial charge in [-0.1, -0.05) is 12.1 Å². The molecule has 0 saturated heterocycles. The molecular weight excluding hydrogens is 365 g/mol. The minimum atomic E-state index is -5.05. The zero-order valence-electron chi connectivity index (χ0n) is 12.3. The predicted molar refractivity (Wildman–Crippen MR) is 70.0 cm³/mol. The molecule has 7 nitrogen and oxygen atoms in total. The molecule has 0 aromatic carbocycles. The fourth-order valence-electron chi connectivity index (χ4n) is 2.14. The van der Waals surface area contributed by atoms with Gasteiger partial charge in [0.15, 0.2) is 20.6 Å². The molecular formula is C11H12F5N3O4S. The molecule has 1 aromatic rings. The first kappa shape index (κ1) is 18.4. The van der Waals surface area contributed by atoms with Crippen molar-refractivity contribution in [1.82, 2.24) is 9.78 Å². The summed E-state index contributed by atoms with van der Waals surface area (Å²) in [6.07, 6.45) is -5.05. The lowest BCUT2D eigenvalue weighted by molar-refractivity contribution is -0.142. The van der Waals surface area contributed by atoms with E-state index in [1.807, 2.05) is 0 Å². The second-order valence-electron chi connectivity index (χ2n) is 5.02. The number of halogens is 5. The molecule has 0 radical (unpaired) electrons. The van der Waals surface area contributed by atoms with E-state index < -0.39 is 56.5 Å². The van der Waals surface area contributed by atoms with Crippen LogP contribution in [-0.2, 0) is 33.7 Å². The van der Waals surface area contributed by atoms with Crippen LogP contribution in [0.25, 0.3) is 0 Å². The Morgan fingerprint density at radius 3 is 2.50 bits per heavy atom. The van der Waals surface area contributed by atoms with Crippen molar-refractivity contribution in [3.8, 4) is 5.88 Å². The number of ether oxygens (including phenoxy) is 1. The summed E-state index contributed by atoms with van der Waals surface area (Å²) in [6, 6.07) is 0. The third-order valence-electron chi connectivity index (χ3n) is 3.11. The fraction of sp³-hybridized carbons (Fsp3) is 0.636. The van der Waals surface area contributed by atoms with Crippen LogP contribution in [0.4, 0.5) is 22.0 Å². The molecule has 2 rings (SSSR count). The Labute approximate surface area is 132 Å². The zero-order valence-corrected chi connectivity index (χ0v) is 13.2. The fourth-order valence-corrected chi connectivity index (χ4v) is 3.78. The van der Waals surface area contributed by atoms with Gasteiger partial charge in [0.05, 0.1) is 11.3 Å². The molecule has 0 fully saturated rings. The number of aryl methyl sites for hydroxylation is 1. The van der Waals surface area contributed by atoms with E-state index in [0.717, 1.165) is 7.05 Å². The topological polar surface area (TPSA) is 82.8 Å². The molecule has 0 N–H and O–H groups in total. The van der Waals surface area contributed by atoms with Gasteiger partial charge in [0, 0.05) is 13.0 Å². The molecule has 24 heavy (non-hydrogen) atoms. The van der Waals surface area contributed by atoms with E-state index in [9.17, 15) is 30.4 Å². The van der Waals surface area contributed by atoms with Crippen molar-refractivity contribution in [3.05, 3.63) is 11.3 Å². The largest absolute Gasteiger partial charge is 0.435 e. The van der Waals surface area contributed by atoms with E-state index in [0.29, 0.717) is 4.68 Å². The Hall–Kier alpha value is -1.92. The number of sulfone groups is 1. The second-order valence-corrected chi connectivity index (χ2v) is 6.95. The Kier molecular flexibility index (Phi) is 4.74. The molecule has 0 spiro atoms. The molecule has 0 bridgehead atoms. The number of nitrogens with zero attached hydrogens (tertiary/aromatic N) is 3. The molecule has 13 heteroatoms. The highest BCUT2D eigenvalue weighted by Gasteiger charge is 2.42. The van der Waals surface area contributed by atoms with Gasteiger partial charge in [-0.05, 0) is 0 Å². The van der Waals surface area contributed by atoms with Crippen LogP contribution in [0.15, 0.2) is 5.16 Å². The number of hydrogen-bond acceptors (Lipinski definition) is 6. The van der Waals surface area contributed by atoms with Crippen LogP contribution in [-0.4, -0.2) is 36.5 Å². The summed E-state index contributed by atoms with van der Waals surface area (Å²) in [4.78, 5) is 4.61. The maximum absolute atomic E-state index is 13.0. The van der Waals surface area contributed by atoms with E-state index in [4.69, 9.17) is 0 Å². The van der Waals surface area contributed by atoms with E-state index in [2.05, 4.69) is 19.8 Å². The van der Waals surface area contributed by atoms with Crippen LogP contribution in [0, 0.1) is 5.92 Å². The first-order chi connectivity index (χ1) is 10.9. The number of oxime groups is 1. The lowest BCUT2D eigenvalue weighted by atomic mass is 10.2. The van der Waals surface area contributed by atoms with E-state index >= 15 is 0 Å². The van der Waals surface area contributed by atoms with Crippen molar-refractivity contribution >= 4 is 14.9 Å². The SMILES string of the molecule is CC1CON=C1S(=O)(=O)Cc1c(C(F)(F)F)nn(C)c1OC(F)F. The molecule has 1 aliphatic rings. The third-order valence-corrected chi connectivity index (χ3v) is 4.89. The number of alkyl halides is 5. The van der Waals surface area contributed by atoms with Crippen LogP contribution < -0.4 is 4.74 Å². The normalized spacial score (nSPS) is 18.7. The highest BCUT2D eigenvalue weighted by atomic mass is 32.2. The van der Waals surface area contributed by atoms with Gasteiger partial charge in [-0.15, -0.1) is 0 Å². The summed E-state index contributed by atoms with van der Waals surface area (Å²) in [5.41, 5.74) is -2.62. The quantitative estimate of drug-likeness (QED) is 0.749. The maximum atomic E-state index is 13.0. The number of aromatic nitrogens is 2. The standard InChI is InChI=1S/C11H12F5N3O4S/c1-5-3-22-18-8(5)24(20,21)4-6-7(11(14,15)16)17-19(2)9(6)23-10(12)13/h5,10H,3-4H2,1-2H3. The average molecular weight is 377 g/mol. The van der Waals surface area contributed by atoms with E-state index in [1.165, 1.54) is 6.92 Å². The average Bonchev–Trinajstić information content (AvgIpc) is 2.96. The van der Waals surface area contributed by atoms with Crippen molar-refractivity contribution in [3.63, 3.8) is 0 Å². The summed E-state index contributed by atoms with van der Waals surface area (Å²) in [5.74, 6) is -2.89. The summed E-state index contributed by atoms with van der Waals surface area (Å²) in [5, 5.41) is 5.91. The molecule has 1 aliphatic heterocycles. The molecule has 2 heterocycles. The summed E-state index contributed by atoms with van der Waals surface area (Å²) < 4.78 is 93.0. The number of rotatable bonds is 4. The molecule has 0 saturated carbocycles. The van der Waals surface area contributed by atoms with Crippen LogP contribution in [0.3, 0.4) is 0 Å². The summed E-state index contributed by atoms with van der Waals surface area (Å²) in [6.45, 7) is -2.05. The monoisotopic (exact) mass is 377 g/mol. The van der Waals surface area contributed by atoms with Crippen molar-refractivity contribution in [1.29, 1.82) is 0 Å². The van der Waals surface area contributed by atoms with Gasteiger partial charge in [0.25, 0.3) is 0 Å². The molecule has 1 atom stereocenters. The number of hydrogen-bond donors (Lipinski definition) is 0. The first-order valence-electron chi connectivity index (χ1n) is 6.44. The third kappa shape index (κ3) is 3.60. The van der Waals surface area contributed by atoms with Gasteiger partial charge in [0.1, 0.15) is 6.61 Å². The van der Waals surface area contributed by atoms with Gasteiger partial charge in [0.2, 0.25) is 5.88 Å². The summed E-state index contributed by atoms with van der Waals surface area (Å²) >= 11 is 0. The van der Waals surface area contributed by atoms with Crippen LogP contribution >= 0.6 is 0 Å². The minimum Gasteiger partial charge on any atom is -0.417 e. The van der Waals surface area contributed by atoms with Crippen molar-refractivity contribution in [2.75, 3.05) is 6.61 Å². The van der Waals surface area contributed by atoms with Gasteiger partial charge in [-0.25, -0.2) is 13.1 Å². The van der Waals surface area contributed by atoms with Gasteiger partial charge < -0.3 is 9.57 Å². The Balaban J connectivity index is 2.51. The highest BCUT2D eigenvalue weighted by Crippen LogP contribution is 2.37. The highest BCUT2D eigenvalue weighted by molar-refractivity contribution is 8.05. The van der Waals surface area contributed by atoms with Crippen molar-refractivity contribution in [2.24, 2.45) is 18.1 Å². The predicted octanol–water partition coefficient (Wildman–Crippen LogP) is 1.93. The minimum absolute atomic E-state index is 0.0475. The molecule has 1 aromatic heterocycles. The maximum Gasteiger partial charge on any atom is 0.435 e. The van der Waals surface area contributed by atoms with Gasteiger partial charge in [-0.2, -0.15) is 27.1 Å². The van der Waals surface area contributed by atoms with Gasteiger partial charge >= 0.3 is 12.8 Å².